The molecule has 0 aromatic heterocycles. The highest BCUT2D eigenvalue weighted by Crippen LogP contribution is 2.34. The van der Waals surface area contributed by atoms with Crippen molar-refractivity contribution in [3.8, 4) is 11.5 Å². The van der Waals surface area contributed by atoms with Gasteiger partial charge in [0, 0.05) is 6.07 Å². The monoisotopic (exact) mass is 380 g/mol. The third kappa shape index (κ3) is 4.05. The van der Waals surface area contributed by atoms with Crippen LogP contribution < -0.4 is 9.46 Å². The number of nitrogens with one attached hydrogen (secondary N) is 1. The maximum Gasteiger partial charge on any atom is 0.312 e. The van der Waals surface area contributed by atoms with Crippen LogP contribution in [0.4, 0.5) is 11.4 Å². The molecule has 2 rings (SSSR count). The van der Waals surface area contributed by atoms with Crippen molar-refractivity contribution in [2.45, 2.75) is 31.1 Å². The molecule has 2 N–H and O–H groups in total. The number of nitro groups is 1. The average Bonchev–Trinajstić information content (AvgIpc) is 2.53. The number of benzene rings is 2. The normalized spacial score (nSPS) is 11.8. The number of phenolic OH excluding ortho intramolecular Hbond substituents is 1. The van der Waals surface area contributed by atoms with Crippen molar-refractivity contribution < 1.29 is 23.2 Å². The molecule has 0 fully saturated rings. The molecular weight excluding hydrogens is 360 g/mol. The van der Waals surface area contributed by atoms with Crippen LogP contribution in [0.25, 0.3) is 0 Å². The van der Waals surface area contributed by atoms with Gasteiger partial charge in [0.2, 0.25) is 0 Å². The van der Waals surface area contributed by atoms with Crippen molar-refractivity contribution in [1.29, 1.82) is 0 Å². The Kier molecular flexibility index (Phi) is 5.13. The van der Waals surface area contributed by atoms with Gasteiger partial charge < -0.3 is 9.84 Å². The van der Waals surface area contributed by atoms with Gasteiger partial charge in [-0.3, -0.25) is 14.8 Å². The van der Waals surface area contributed by atoms with Crippen molar-refractivity contribution in [3.05, 3.63) is 52.1 Å². The van der Waals surface area contributed by atoms with Crippen molar-refractivity contribution >= 4 is 21.4 Å². The number of sulfonamides is 1. The molecule has 26 heavy (non-hydrogen) atoms. The van der Waals surface area contributed by atoms with Gasteiger partial charge in [-0.05, 0) is 35.2 Å². The lowest BCUT2D eigenvalue weighted by molar-refractivity contribution is -0.386. The summed E-state index contributed by atoms with van der Waals surface area (Å²) in [5.41, 5.74) is 0.190. The summed E-state index contributed by atoms with van der Waals surface area (Å²) in [6.45, 7) is 5.95. The third-order valence-electron chi connectivity index (χ3n) is 3.76. The Bertz CT molecular complexity index is 948. The van der Waals surface area contributed by atoms with E-state index < -0.39 is 26.4 Å². The number of methoxy groups -OCH3 is 1. The molecule has 8 nitrogen and oxygen atoms in total. The molecule has 0 amide bonds. The van der Waals surface area contributed by atoms with Crippen LogP contribution in [-0.4, -0.2) is 25.6 Å². The summed E-state index contributed by atoms with van der Waals surface area (Å²) in [7, 11) is -2.71. The van der Waals surface area contributed by atoms with E-state index >= 15 is 0 Å². The van der Waals surface area contributed by atoms with Crippen LogP contribution in [0.15, 0.2) is 41.3 Å². The zero-order chi connectivity index (χ0) is 19.7. The van der Waals surface area contributed by atoms with Crippen molar-refractivity contribution in [3.63, 3.8) is 0 Å². The molecule has 0 atom stereocenters. The van der Waals surface area contributed by atoms with E-state index in [0.717, 1.165) is 23.8 Å². The van der Waals surface area contributed by atoms with Gasteiger partial charge in [-0.15, -0.1) is 0 Å². The quantitative estimate of drug-likeness (QED) is 0.606. The molecule has 0 unspecified atom stereocenters. The van der Waals surface area contributed by atoms with E-state index in [1.54, 1.807) is 12.1 Å². The van der Waals surface area contributed by atoms with Crippen LogP contribution >= 0.6 is 0 Å². The van der Waals surface area contributed by atoms with E-state index in [1.165, 1.54) is 7.11 Å². The second-order valence-electron chi connectivity index (χ2n) is 6.68. The summed E-state index contributed by atoms with van der Waals surface area (Å²) in [5.74, 6) is -0.295. The fourth-order valence-electron chi connectivity index (χ4n) is 2.27. The number of nitro benzene ring substituents is 1. The van der Waals surface area contributed by atoms with Crippen LogP contribution in [0.5, 0.6) is 11.5 Å². The van der Waals surface area contributed by atoms with Gasteiger partial charge in [0.1, 0.15) is 5.75 Å². The van der Waals surface area contributed by atoms with Gasteiger partial charge in [0.05, 0.1) is 22.6 Å². The predicted molar refractivity (Wildman–Crippen MR) is 97.3 cm³/mol. The number of ether oxygens (including phenoxy) is 1. The smallest absolute Gasteiger partial charge is 0.312 e. The average molecular weight is 380 g/mol. The third-order valence-corrected chi connectivity index (χ3v) is 5.13. The fraction of sp³-hybridized carbons (Fsp3) is 0.294. The van der Waals surface area contributed by atoms with Crippen molar-refractivity contribution in [2.24, 2.45) is 0 Å². The standard InChI is InChI=1S/C17H20N2O6S/c1-17(2,3)11-5-8-16(25-4)13(9-11)18-26(23,24)12-6-7-15(20)14(10-12)19(21)22/h5-10,18,20H,1-4H3. The number of phenols is 1. The first-order valence-electron chi connectivity index (χ1n) is 7.64. The first kappa shape index (κ1) is 19.5. The van der Waals surface area contributed by atoms with Gasteiger partial charge >= 0.3 is 5.69 Å². The number of hydrogen-bond donors (Lipinski definition) is 2. The number of rotatable bonds is 5. The summed E-state index contributed by atoms with van der Waals surface area (Å²) in [5, 5.41) is 20.4. The van der Waals surface area contributed by atoms with Crippen molar-refractivity contribution in [1.82, 2.24) is 0 Å². The first-order chi connectivity index (χ1) is 12.0. The summed E-state index contributed by atoms with van der Waals surface area (Å²) in [6.07, 6.45) is 0. The van der Waals surface area contributed by atoms with Gasteiger partial charge in [-0.1, -0.05) is 26.8 Å². The highest BCUT2D eigenvalue weighted by atomic mass is 32.2. The Hall–Kier alpha value is -2.81. The molecule has 9 heteroatoms. The Balaban J connectivity index is 2.50. The minimum absolute atomic E-state index is 0.218. The van der Waals surface area contributed by atoms with Crippen LogP contribution in [-0.2, 0) is 15.4 Å². The number of nitrogens with zero attached hydrogens (tertiary/aromatic N) is 1. The summed E-state index contributed by atoms with van der Waals surface area (Å²) in [6, 6.07) is 8.00. The predicted octanol–water partition coefficient (Wildman–Crippen LogP) is 3.41. The molecule has 0 saturated carbocycles. The zero-order valence-corrected chi connectivity index (χ0v) is 15.6. The Morgan fingerprint density at radius 2 is 1.81 bits per heavy atom. The summed E-state index contributed by atoms with van der Waals surface area (Å²) >= 11 is 0. The fourth-order valence-corrected chi connectivity index (χ4v) is 3.36. The van der Waals surface area contributed by atoms with Crippen LogP contribution in [0, 0.1) is 10.1 Å². The van der Waals surface area contributed by atoms with Gasteiger partial charge in [-0.25, -0.2) is 8.42 Å². The summed E-state index contributed by atoms with van der Waals surface area (Å²) in [4.78, 5) is 9.73. The van der Waals surface area contributed by atoms with E-state index in [1.807, 2.05) is 26.8 Å². The molecule has 0 aliphatic heterocycles. The highest BCUT2D eigenvalue weighted by Gasteiger charge is 2.23. The molecule has 2 aromatic rings. The second-order valence-corrected chi connectivity index (χ2v) is 8.36. The molecule has 0 radical (unpaired) electrons. The Labute approximate surface area is 151 Å². The number of aromatic hydroxyl groups is 1. The lowest BCUT2D eigenvalue weighted by atomic mass is 9.87. The van der Waals surface area contributed by atoms with E-state index in [9.17, 15) is 23.6 Å². The Morgan fingerprint density at radius 1 is 1.15 bits per heavy atom. The lowest BCUT2D eigenvalue weighted by Crippen LogP contribution is -2.16. The van der Waals surface area contributed by atoms with Crippen molar-refractivity contribution in [2.75, 3.05) is 11.8 Å². The molecular formula is C17H20N2O6S. The van der Waals surface area contributed by atoms with E-state index in [-0.39, 0.29) is 16.0 Å². The van der Waals surface area contributed by atoms with Gasteiger partial charge in [0.15, 0.2) is 5.75 Å². The first-order valence-corrected chi connectivity index (χ1v) is 9.13. The largest absolute Gasteiger partial charge is 0.502 e. The van der Waals surface area contributed by atoms with E-state index in [4.69, 9.17) is 4.74 Å². The molecule has 0 spiro atoms. The minimum atomic E-state index is -4.13. The van der Waals surface area contributed by atoms with Crippen LogP contribution in [0.2, 0.25) is 0 Å². The number of anilines is 1. The molecule has 0 aliphatic rings. The molecule has 2 aromatic carbocycles. The summed E-state index contributed by atoms with van der Waals surface area (Å²) < 4.78 is 32.9. The van der Waals surface area contributed by atoms with E-state index in [0.29, 0.717) is 5.75 Å². The van der Waals surface area contributed by atoms with Crippen LogP contribution in [0.3, 0.4) is 0 Å². The maximum atomic E-state index is 12.6. The SMILES string of the molecule is COc1ccc(C(C)(C)C)cc1NS(=O)(=O)c1ccc(O)c([N+](=O)[O-])c1. The second kappa shape index (κ2) is 6.83. The highest BCUT2D eigenvalue weighted by molar-refractivity contribution is 7.92. The molecule has 0 heterocycles. The molecule has 0 saturated heterocycles. The number of hydrogen-bond acceptors (Lipinski definition) is 6. The lowest BCUT2D eigenvalue weighted by Gasteiger charge is -2.21. The van der Waals surface area contributed by atoms with Gasteiger partial charge in [-0.2, -0.15) is 0 Å². The minimum Gasteiger partial charge on any atom is -0.502 e. The topological polar surface area (TPSA) is 119 Å². The zero-order valence-electron chi connectivity index (χ0n) is 14.8. The van der Waals surface area contributed by atoms with E-state index in [2.05, 4.69) is 4.72 Å². The molecule has 0 aliphatic carbocycles. The maximum absolute atomic E-state index is 12.6. The molecule has 140 valence electrons. The molecule has 0 bridgehead atoms. The van der Waals surface area contributed by atoms with Gasteiger partial charge in [0.25, 0.3) is 10.0 Å². The Morgan fingerprint density at radius 3 is 2.35 bits per heavy atom. The van der Waals surface area contributed by atoms with Crippen LogP contribution in [0.1, 0.15) is 26.3 Å².